The Morgan fingerprint density at radius 2 is 1.91 bits per heavy atom. The Kier molecular flexibility index (Phi) is 4.77. The van der Waals surface area contributed by atoms with Crippen LogP contribution in [0.15, 0.2) is 18.2 Å². The second kappa shape index (κ2) is 6.62. The topological polar surface area (TPSA) is 37.3 Å². The number of halogens is 1. The number of hydrogen-bond acceptors (Lipinski definition) is 1. The molecule has 1 aromatic rings. The summed E-state index contributed by atoms with van der Waals surface area (Å²) < 4.78 is 0. The minimum Gasteiger partial charge on any atom is -0.481 e. The molecule has 0 aromatic heterocycles. The number of carboxylic acid groups (broad SMARTS) is 1. The predicted octanol–water partition coefficient (Wildman–Crippen LogP) is 5.60. The van der Waals surface area contributed by atoms with Crippen LogP contribution < -0.4 is 0 Å². The summed E-state index contributed by atoms with van der Waals surface area (Å²) in [6, 6.07) is 6.33. The van der Waals surface area contributed by atoms with Crippen LogP contribution in [-0.2, 0) is 4.79 Å². The molecular weight excluding hydrogens is 296 g/mol. The summed E-state index contributed by atoms with van der Waals surface area (Å²) in [6.07, 6.45) is 7.54. The molecule has 2 nitrogen and oxygen atoms in total. The van der Waals surface area contributed by atoms with Crippen molar-refractivity contribution in [3.63, 3.8) is 0 Å². The maximum absolute atomic E-state index is 11.1. The van der Waals surface area contributed by atoms with Gasteiger partial charge >= 0.3 is 5.97 Å². The Bertz CT molecular complexity index is 542. The van der Waals surface area contributed by atoms with Gasteiger partial charge in [-0.3, -0.25) is 4.79 Å². The van der Waals surface area contributed by atoms with Crippen LogP contribution in [0.25, 0.3) is 0 Å². The van der Waals surface area contributed by atoms with Gasteiger partial charge in [0, 0.05) is 5.02 Å². The van der Waals surface area contributed by atoms with Crippen molar-refractivity contribution >= 4 is 17.6 Å². The van der Waals surface area contributed by atoms with Crippen LogP contribution in [0.4, 0.5) is 0 Å². The third kappa shape index (κ3) is 3.65. The van der Waals surface area contributed by atoms with Crippen molar-refractivity contribution in [2.24, 2.45) is 11.8 Å². The Morgan fingerprint density at radius 1 is 1.23 bits per heavy atom. The average Bonchev–Trinajstić information content (AvgIpc) is 3.30. The van der Waals surface area contributed by atoms with Crippen LogP contribution in [0.3, 0.4) is 0 Å². The van der Waals surface area contributed by atoms with Gasteiger partial charge in [0.05, 0.1) is 6.42 Å². The minimum absolute atomic E-state index is 0.135. The number of carbonyl (C=O) groups is 1. The molecular formula is C19H25ClO2. The highest BCUT2D eigenvalue weighted by Crippen LogP contribution is 2.46. The second-order valence-corrected chi connectivity index (χ2v) is 7.69. The monoisotopic (exact) mass is 320 g/mol. The summed E-state index contributed by atoms with van der Waals surface area (Å²) in [5.74, 6) is 1.38. The van der Waals surface area contributed by atoms with Gasteiger partial charge in [-0.2, -0.15) is 0 Å². The number of carboxylic acids is 1. The molecule has 2 saturated carbocycles. The minimum atomic E-state index is -0.710. The standard InChI is InChI=1S/C19H25ClO2/c1-12-2-4-13(5-3-12)16-9-8-15(10-18(16)20)17(11-19(21)22)14-6-7-14/h8-10,12-14,17H,2-7,11H2,1H3,(H,21,22). The number of rotatable bonds is 5. The van der Waals surface area contributed by atoms with Gasteiger partial charge in [0.2, 0.25) is 0 Å². The van der Waals surface area contributed by atoms with E-state index < -0.39 is 5.97 Å². The van der Waals surface area contributed by atoms with E-state index in [0.717, 1.165) is 29.3 Å². The van der Waals surface area contributed by atoms with E-state index >= 15 is 0 Å². The molecule has 3 rings (SSSR count). The first-order valence-corrected chi connectivity index (χ1v) is 8.93. The maximum Gasteiger partial charge on any atom is 0.303 e. The maximum atomic E-state index is 11.1. The quantitative estimate of drug-likeness (QED) is 0.766. The van der Waals surface area contributed by atoms with Crippen LogP contribution in [0.1, 0.15) is 74.8 Å². The Labute approximate surface area is 137 Å². The highest BCUT2D eigenvalue weighted by Gasteiger charge is 2.34. The molecule has 120 valence electrons. The van der Waals surface area contributed by atoms with E-state index in [9.17, 15) is 4.79 Å². The van der Waals surface area contributed by atoms with Crippen LogP contribution in [0.5, 0.6) is 0 Å². The molecule has 1 atom stereocenters. The molecule has 1 unspecified atom stereocenters. The van der Waals surface area contributed by atoms with Gasteiger partial charge in [-0.25, -0.2) is 0 Å². The number of benzene rings is 1. The van der Waals surface area contributed by atoms with Gasteiger partial charge in [-0.15, -0.1) is 0 Å². The number of aliphatic carboxylic acids is 1. The van der Waals surface area contributed by atoms with E-state index in [-0.39, 0.29) is 12.3 Å². The van der Waals surface area contributed by atoms with Crippen LogP contribution in [0, 0.1) is 11.8 Å². The summed E-state index contributed by atoms with van der Waals surface area (Å²) in [4.78, 5) is 11.1. The van der Waals surface area contributed by atoms with E-state index in [4.69, 9.17) is 16.7 Å². The van der Waals surface area contributed by atoms with Gasteiger partial charge in [-0.05, 0) is 66.5 Å². The molecule has 0 radical (unpaired) electrons. The molecule has 2 fully saturated rings. The first-order chi connectivity index (χ1) is 10.5. The summed E-state index contributed by atoms with van der Waals surface area (Å²) in [6.45, 7) is 2.33. The largest absolute Gasteiger partial charge is 0.481 e. The van der Waals surface area contributed by atoms with Crippen molar-refractivity contribution in [2.45, 2.75) is 63.7 Å². The van der Waals surface area contributed by atoms with Gasteiger partial charge in [0.15, 0.2) is 0 Å². The van der Waals surface area contributed by atoms with Gasteiger partial charge < -0.3 is 5.11 Å². The molecule has 0 spiro atoms. The third-order valence-electron chi connectivity index (χ3n) is 5.49. The van der Waals surface area contributed by atoms with Gasteiger partial charge in [0.1, 0.15) is 0 Å². The van der Waals surface area contributed by atoms with Crippen LogP contribution in [0.2, 0.25) is 5.02 Å². The third-order valence-corrected chi connectivity index (χ3v) is 5.82. The highest BCUT2D eigenvalue weighted by molar-refractivity contribution is 6.31. The lowest BCUT2D eigenvalue weighted by Crippen LogP contribution is -2.12. The fraction of sp³-hybridized carbons (Fsp3) is 0.632. The molecule has 1 aromatic carbocycles. The van der Waals surface area contributed by atoms with Gasteiger partial charge in [0.25, 0.3) is 0 Å². The lowest BCUT2D eigenvalue weighted by molar-refractivity contribution is -0.137. The smallest absolute Gasteiger partial charge is 0.303 e. The van der Waals surface area contributed by atoms with E-state index in [2.05, 4.69) is 19.1 Å². The Balaban J connectivity index is 1.77. The first-order valence-electron chi connectivity index (χ1n) is 8.55. The van der Waals surface area contributed by atoms with Crippen molar-refractivity contribution in [1.82, 2.24) is 0 Å². The lowest BCUT2D eigenvalue weighted by atomic mass is 9.79. The summed E-state index contributed by atoms with van der Waals surface area (Å²) >= 11 is 6.56. The zero-order valence-electron chi connectivity index (χ0n) is 13.2. The zero-order valence-corrected chi connectivity index (χ0v) is 14.0. The molecule has 2 aliphatic carbocycles. The zero-order chi connectivity index (χ0) is 15.7. The molecule has 2 aliphatic rings. The normalized spacial score (nSPS) is 26.6. The molecule has 3 heteroatoms. The Morgan fingerprint density at radius 3 is 2.45 bits per heavy atom. The first kappa shape index (κ1) is 15.9. The number of hydrogen-bond donors (Lipinski definition) is 1. The lowest BCUT2D eigenvalue weighted by Gasteiger charge is -2.27. The van der Waals surface area contributed by atoms with Crippen LogP contribution in [-0.4, -0.2) is 11.1 Å². The van der Waals surface area contributed by atoms with Crippen molar-refractivity contribution < 1.29 is 9.90 Å². The summed E-state index contributed by atoms with van der Waals surface area (Å²) in [7, 11) is 0. The van der Waals surface area contributed by atoms with Crippen molar-refractivity contribution in [3.8, 4) is 0 Å². The molecule has 0 bridgehead atoms. The molecule has 22 heavy (non-hydrogen) atoms. The SMILES string of the molecule is CC1CCC(c2ccc(C(CC(=O)O)C3CC3)cc2Cl)CC1. The summed E-state index contributed by atoms with van der Waals surface area (Å²) in [5.41, 5.74) is 2.38. The van der Waals surface area contributed by atoms with E-state index in [1.165, 1.54) is 31.2 Å². The highest BCUT2D eigenvalue weighted by atomic mass is 35.5. The second-order valence-electron chi connectivity index (χ2n) is 7.28. The summed E-state index contributed by atoms with van der Waals surface area (Å²) in [5, 5.41) is 9.98. The molecule has 0 amide bonds. The van der Waals surface area contributed by atoms with Crippen molar-refractivity contribution in [3.05, 3.63) is 34.3 Å². The predicted molar refractivity (Wildman–Crippen MR) is 89.5 cm³/mol. The molecule has 0 heterocycles. The van der Waals surface area contributed by atoms with Crippen molar-refractivity contribution in [2.75, 3.05) is 0 Å². The molecule has 0 aliphatic heterocycles. The van der Waals surface area contributed by atoms with E-state index in [0.29, 0.717) is 11.8 Å². The fourth-order valence-electron chi connectivity index (χ4n) is 3.92. The fourth-order valence-corrected chi connectivity index (χ4v) is 4.26. The van der Waals surface area contributed by atoms with Gasteiger partial charge in [-0.1, -0.05) is 43.5 Å². The van der Waals surface area contributed by atoms with Crippen LogP contribution >= 0.6 is 11.6 Å². The molecule has 0 saturated heterocycles. The van der Waals surface area contributed by atoms with Crippen molar-refractivity contribution in [1.29, 1.82) is 0 Å². The molecule has 1 N–H and O–H groups in total. The average molecular weight is 321 g/mol. The van der Waals surface area contributed by atoms with E-state index in [1.807, 2.05) is 6.07 Å². The van der Waals surface area contributed by atoms with E-state index in [1.54, 1.807) is 0 Å². The Hall–Kier alpha value is -1.02.